The molecule has 2 aromatic carbocycles. The summed E-state index contributed by atoms with van der Waals surface area (Å²) in [7, 11) is 0. The minimum atomic E-state index is -0.183. The van der Waals surface area contributed by atoms with E-state index in [-0.39, 0.29) is 11.6 Å². The average Bonchev–Trinajstić information content (AvgIpc) is 3.37. The summed E-state index contributed by atoms with van der Waals surface area (Å²) in [6, 6.07) is 11.0. The third-order valence-electron chi connectivity index (χ3n) is 4.60. The van der Waals surface area contributed by atoms with Crippen molar-refractivity contribution in [2.45, 2.75) is 0 Å². The Balaban J connectivity index is 1.55. The summed E-state index contributed by atoms with van der Waals surface area (Å²) >= 11 is 12.0. The standard InChI is InChI=1S/C20H12Cl2N4O/c21-10-1-3-12-14(7-23-16(12)5-10)18-9-25-20(26-18)19(27)15-8-24-17-6-11(22)2-4-13(15)17/h1-9,23-24H,(H,25,26). The second kappa shape index (κ2) is 6.01. The lowest BCUT2D eigenvalue weighted by Crippen LogP contribution is -2.02. The molecule has 0 aliphatic heterocycles. The van der Waals surface area contributed by atoms with Crippen LogP contribution in [0.5, 0.6) is 0 Å². The van der Waals surface area contributed by atoms with Crippen LogP contribution in [-0.2, 0) is 0 Å². The summed E-state index contributed by atoms with van der Waals surface area (Å²) in [6.07, 6.45) is 5.27. The molecule has 0 saturated carbocycles. The van der Waals surface area contributed by atoms with Crippen molar-refractivity contribution >= 4 is 50.8 Å². The van der Waals surface area contributed by atoms with E-state index < -0.39 is 0 Å². The number of imidazole rings is 1. The van der Waals surface area contributed by atoms with E-state index in [1.165, 1.54) is 0 Å². The quantitative estimate of drug-likeness (QED) is 0.349. The lowest BCUT2D eigenvalue weighted by atomic mass is 10.1. The zero-order valence-corrected chi connectivity index (χ0v) is 15.3. The highest BCUT2D eigenvalue weighted by molar-refractivity contribution is 6.31. The highest BCUT2D eigenvalue weighted by Gasteiger charge is 2.19. The Kier molecular flexibility index (Phi) is 3.60. The molecule has 3 heterocycles. The van der Waals surface area contributed by atoms with Crippen LogP contribution in [-0.4, -0.2) is 25.7 Å². The topological polar surface area (TPSA) is 77.3 Å². The molecule has 5 aromatic rings. The third kappa shape index (κ3) is 2.63. The summed E-state index contributed by atoms with van der Waals surface area (Å²) in [5.41, 5.74) is 3.87. The van der Waals surface area contributed by atoms with Crippen LogP contribution in [0.1, 0.15) is 16.2 Å². The van der Waals surface area contributed by atoms with Gasteiger partial charge in [-0.15, -0.1) is 0 Å². The minimum Gasteiger partial charge on any atom is -0.360 e. The van der Waals surface area contributed by atoms with E-state index in [2.05, 4.69) is 19.9 Å². The first kappa shape index (κ1) is 16.2. The number of carbonyl (C=O) groups excluding carboxylic acids is 1. The molecule has 7 heteroatoms. The molecule has 0 fully saturated rings. The first-order valence-corrected chi connectivity index (χ1v) is 8.99. The Morgan fingerprint density at radius 1 is 0.815 bits per heavy atom. The normalized spacial score (nSPS) is 11.5. The first-order chi connectivity index (χ1) is 13.1. The molecule has 0 unspecified atom stereocenters. The maximum atomic E-state index is 12.9. The minimum absolute atomic E-state index is 0.183. The number of nitrogens with zero attached hydrogens (tertiary/aromatic N) is 1. The van der Waals surface area contributed by atoms with Crippen molar-refractivity contribution in [3.63, 3.8) is 0 Å². The van der Waals surface area contributed by atoms with E-state index in [0.717, 1.165) is 27.4 Å². The van der Waals surface area contributed by atoms with Crippen LogP contribution < -0.4 is 0 Å². The fraction of sp³-hybridized carbons (Fsp3) is 0. The van der Waals surface area contributed by atoms with E-state index in [9.17, 15) is 4.79 Å². The number of H-pyrrole nitrogens is 3. The van der Waals surface area contributed by atoms with Crippen molar-refractivity contribution in [2.75, 3.05) is 0 Å². The van der Waals surface area contributed by atoms with Crippen LogP contribution in [0.3, 0.4) is 0 Å². The number of halogens is 2. The zero-order valence-electron chi connectivity index (χ0n) is 13.8. The fourth-order valence-corrected chi connectivity index (χ4v) is 3.64. The van der Waals surface area contributed by atoms with Crippen molar-refractivity contribution in [2.24, 2.45) is 0 Å². The van der Waals surface area contributed by atoms with Gasteiger partial charge in [-0.3, -0.25) is 4.79 Å². The predicted molar refractivity (Wildman–Crippen MR) is 108 cm³/mol. The molecule has 3 aromatic heterocycles. The number of rotatable bonds is 3. The maximum absolute atomic E-state index is 12.9. The van der Waals surface area contributed by atoms with E-state index >= 15 is 0 Å². The second-order valence-corrected chi connectivity index (χ2v) is 7.12. The number of hydrogen-bond acceptors (Lipinski definition) is 2. The molecule has 27 heavy (non-hydrogen) atoms. The molecule has 132 valence electrons. The number of benzene rings is 2. The van der Waals surface area contributed by atoms with Gasteiger partial charge < -0.3 is 15.0 Å². The van der Waals surface area contributed by atoms with Gasteiger partial charge in [0.25, 0.3) is 0 Å². The molecule has 0 spiro atoms. The molecule has 0 aliphatic rings. The van der Waals surface area contributed by atoms with Crippen molar-refractivity contribution in [3.05, 3.63) is 76.4 Å². The van der Waals surface area contributed by atoms with Gasteiger partial charge in [-0.05, 0) is 24.3 Å². The molecular weight excluding hydrogens is 383 g/mol. The smallest absolute Gasteiger partial charge is 0.230 e. The van der Waals surface area contributed by atoms with Crippen LogP contribution >= 0.6 is 23.2 Å². The van der Waals surface area contributed by atoms with Gasteiger partial charge in [-0.25, -0.2) is 4.98 Å². The Morgan fingerprint density at radius 2 is 1.48 bits per heavy atom. The highest BCUT2D eigenvalue weighted by Crippen LogP contribution is 2.30. The second-order valence-electron chi connectivity index (χ2n) is 6.25. The lowest BCUT2D eigenvalue weighted by Gasteiger charge is -1.97. The van der Waals surface area contributed by atoms with Gasteiger partial charge in [0, 0.05) is 56.0 Å². The third-order valence-corrected chi connectivity index (χ3v) is 5.07. The molecule has 0 radical (unpaired) electrons. The Hall–Kier alpha value is -3.02. The molecular formula is C20H12Cl2N4O. The van der Waals surface area contributed by atoms with E-state index in [1.54, 1.807) is 24.5 Å². The van der Waals surface area contributed by atoms with Crippen LogP contribution in [0.4, 0.5) is 0 Å². The number of carbonyl (C=O) groups is 1. The van der Waals surface area contributed by atoms with E-state index in [4.69, 9.17) is 23.2 Å². The van der Waals surface area contributed by atoms with Gasteiger partial charge in [0.2, 0.25) is 5.78 Å². The van der Waals surface area contributed by atoms with Crippen molar-refractivity contribution < 1.29 is 4.79 Å². The monoisotopic (exact) mass is 394 g/mol. The van der Waals surface area contributed by atoms with Gasteiger partial charge in [-0.1, -0.05) is 35.3 Å². The fourth-order valence-electron chi connectivity index (χ4n) is 3.30. The Morgan fingerprint density at radius 3 is 2.26 bits per heavy atom. The zero-order chi connectivity index (χ0) is 18.5. The molecule has 0 bridgehead atoms. The number of hydrogen-bond donors (Lipinski definition) is 3. The lowest BCUT2D eigenvalue weighted by molar-refractivity contribution is 0.103. The number of ketones is 1. The molecule has 5 nitrogen and oxygen atoms in total. The van der Waals surface area contributed by atoms with E-state index in [1.807, 2.05) is 30.5 Å². The van der Waals surface area contributed by atoms with E-state index in [0.29, 0.717) is 21.3 Å². The van der Waals surface area contributed by atoms with Gasteiger partial charge in [0.1, 0.15) is 0 Å². The molecule has 0 atom stereocenters. The number of aromatic amines is 3. The van der Waals surface area contributed by atoms with Gasteiger partial charge in [0.05, 0.1) is 11.3 Å². The summed E-state index contributed by atoms with van der Waals surface area (Å²) in [4.78, 5) is 26.7. The number of nitrogens with one attached hydrogen (secondary N) is 3. The van der Waals surface area contributed by atoms with Gasteiger partial charge >= 0.3 is 0 Å². The Labute approximate surface area is 163 Å². The van der Waals surface area contributed by atoms with Crippen LogP contribution in [0.25, 0.3) is 33.1 Å². The van der Waals surface area contributed by atoms with Gasteiger partial charge in [-0.2, -0.15) is 0 Å². The summed E-state index contributed by atoms with van der Waals surface area (Å²) < 4.78 is 0. The largest absolute Gasteiger partial charge is 0.360 e. The van der Waals surface area contributed by atoms with Crippen LogP contribution in [0.15, 0.2) is 55.0 Å². The van der Waals surface area contributed by atoms with Crippen LogP contribution in [0, 0.1) is 0 Å². The summed E-state index contributed by atoms with van der Waals surface area (Å²) in [5.74, 6) is 0.0990. The molecule has 0 saturated heterocycles. The highest BCUT2D eigenvalue weighted by atomic mass is 35.5. The molecule has 0 amide bonds. The Bertz CT molecular complexity index is 1330. The molecule has 0 aliphatic carbocycles. The van der Waals surface area contributed by atoms with Gasteiger partial charge in [0.15, 0.2) is 5.82 Å². The van der Waals surface area contributed by atoms with Crippen molar-refractivity contribution in [1.29, 1.82) is 0 Å². The number of fused-ring (bicyclic) bond motifs is 2. The summed E-state index contributed by atoms with van der Waals surface area (Å²) in [5, 5.41) is 3.08. The average molecular weight is 395 g/mol. The first-order valence-electron chi connectivity index (χ1n) is 8.24. The predicted octanol–water partition coefficient (Wildman–Crippen LogP) is 5.58. The maximum Gasteiger partial charge on any atom is 0.230 e. The van der Waals surface area contributed by atoms with Crippen LogP contribution in [0.2, 0.25) is 10.0 Å². The SMILES string of the molecule is O=C(c1nc(-c2c[nH]c3cc(Cl)ccc23)c[nH]1)c1c[nH]c2cc(Cl)ccc12. The number of aromatic nitrogens is 4. The van der Waals surface area contributed by atoms with Crippen molar-refractivity contribution in [3.8, 4) is 11.3 Å². The molecule has 5 rings (SSSR count). The van der Waals surface area contributed by atoms with Crippen molar-refractivity contribution in [1.82, 2.24) is 19.9 Å². The molecule has 3 N–H and O–H groups in total. The summed E-state index contributed by atoms with van der Waals surface area (Å²) in [6.45, 7) is 0.